The Morgan fingerprint density at radius 3 is 2.62 bits per heavy atom. The van der Waals surface area contributed by atoms with Gasteiger partial charge in [0.1, 0.15) is 0 Å². The fourth-order valence-electron chi connectivity index (χ4n) is 1.96. The Bertz CT molecular complexity index is 482. The lowest BCUT2D eigenvalue weighted by atomic mass is 10.2. The summed E-state index contributed by atoms with van der Waals surface area (Å²) >= 11 is 0. The van der Waals surface area contributed by atoms with Crippen molar-refractivity contribution >= 4 is 10.0 Å². The number of aryl methyl sites for hydroxylation is 1. The summed E-state index contributed by atoms with van der Waals surface area (Å²) < 4.78 is 26.9. The van der Waals surface area contributed by atoms with Crippen molar-refractivity contribution in [1.82, 2.24) is 4.72 Å². The minimum absolute atomic E-state index is 0.148. The van der Waals surface area contributed by atoms with Gasteiger partial charge in [-0.05, 0) is 30.9 Å². The van der Waals surface area contributed by atoms with Crippen LogP contribution in [0.2, 0.25) is 0 Å². The summed E-state index contributed by atoms with van der Waals surface area (Å²) in [5.41, 5.74) is 0.795. The average Bonchev–Trinajstić information content (AvgIpc) is 2.96. The number of hydrogen-bond donors (Lipinski definition) is 1. The molecule has 3 nitrogen and oxygen atoms in total. The molecule has 4 heteroatoms. The molecule has 1 aromatic rings. The first kappa shape index (κ1) is 11.6. The van der Waals surface area contributed by atoms with Gasteiger partial charge in [-0.3, -0.25) is 0 Å². The van der Waals surface area contributed by atoms with Crippen LogP contribution in [0.3, 0.4) is 0 Å². The fourth-order valence-corrected chi connectivity index (χ4v) is 3.53. The Hall–Kier alpha value is -0.870. The van der Waals surface area contributed by atoms with Crippen LogP contribution in [0.15, 0.2) is 29.2 Å². The molecule has 0 aliphatic heterocycles. The lowest BCUT2D eigenvalue weighted by Crippen LogP contribution is -2.27. The molecule has 0 saturated heterocycles. The first-order valence-electron chi connectivity index (χ1n) is 5.62. The first-order chi connectivity index (χ1) is 7.54. The van der Waals surface area contributed by atoms with Gasteiger partial charge < -0.3 is 0 Å². The Morgan fingerprint density at radius 1 is 1.38 bits per heavy atom. The predicted octanol–water partition coefficient (Wildman–Crippen LogP) is 2.07. The largest absolute Gasteiger partial charge is 0.241 e. The Balaban J connectivity index is 2.17. The molecule has 1 fully saturated rings. The summed E-state index contributed by atoms with van der Waals surface area (Å²) in [4.78, 5) is 0.400. The van der Waals surface area contributed by atoms with Crippen LogP contribution in [-0.2, 0) is 10.0 Å². The minimum atomic E-state index is -3.32. The highest BCUT2D eigenvalue weighted by atomic mass is 32.2. The molecule has 0 heterocycles. The van der Waals surface area contributed by atoms with Crippen molar-refractivity contribution in [2.24, 2.45) is 5.92 Å². The minimum Gasteiger partial charge on any atom is -0.208 e. The molecule has 2 rings (SSSR count). The second kappa shape index (κ2) is 4.18. The smallest absolute Gasteiger partial charge is 0.208 e. The van der Waals surface area contributed by atoms with E-state index in [4.69, 9.17) is 0 Å². The lowest BCUT2D eigenvalue weighted by molar-refractivity contribution is 0.575. The molecular weight excluding hydrogens is 222 g/mol. The van der Waals surface area contributed by atoms with Gasteiger partial charge in [-0.1, -0.05) is 31.5 Å². The molecule has 1 aromatic carbocycles. The van der Waals surface area contributed by atoms with Gasteiger partial charge in [-0.25, -0.2) is 13.1 Å². The van der Waals surface area contributed by atoms with Crippen molar-refractivity contribution in [2.45, 2.75) is 37.6 Å². The lowest BCUT2D eigenvalue weighted by Gasteiger charge is -2.08. The number of hydrogen-bond acceptors (Lipinski definition) is 2. The Labute approximate surface area is 96.9 Å². The maximum atomic E-state index is 12.1. The summed E-state index contributed by atoms with van der Waals surface area (Å²) in [6, 6.07) is 7.22. The van der Waals surface area contributed by atoms with Crippen molar-refractivity contribution in [3.8, 4) is 0 Å². The molecule has 16 heavy (non-hydrogen) atoms. The first-order valence-corrected chi connectivity index (χ1v) is 7.11. The van der Waals surface area contributed by atoms with Crippen molar-refractivity contribution in [3.63, 3.8) is 0 Å². The third kappa shape index (κ3) is 2.28. The molecule has 0 amide bonds. The van der Waals surface area contributed by atoms with E-state index in [9.17, 15) is 8.42 Å². The van der Waals surface area contributed by atoms with Gasteiger partial charge in [-0.2, -0.15) is 0 Å². The highest BCUT2D eigenvalue weighted by Crippen LogP contribution is 2.34. The fraction of sp³-hybridized carbons (Fsp3) is 0.500. The molecule has 1 N–H and O–H groups in total. The predicted molar refractivity (Wildman–Crippen MR) is 63.7 cm³/mol. The van der Waals surface area contributed by atoms with Crippen molar-refractivity contribution in [2.75, 3.05) is 0 Å². The van der Waals surface area contributed by atoms with Gasteiger partial charge in [0.2, 0.25) is 10.0 Å². The number of sulfonamides is 1. The number of benzene rings is 1. The van der Waals surface area contributed by atoms with Crippen LogP contribution in [0.25, 0.3) is 0 Å². The summed E-state index contributed by atoms with van der Waals surface area (Å²) in [7, 11) is -3.32. The Kier molecular flexibility index (Phi) is 3.04. The zero-order valence-electron chi connectivity index (χ0n) is 9.60. The molecule has 1 aliphatic carbocycles. The summed E-state index contributed by atoms with van der Waals surface area (Å²) in [5, 5.41) is 0. The third-order valence-electron chi connectivity index (χ3n) is 3.14. The van der Waals surface area contributed by atoms with Crippen LogP contribution in [0.4, 0.5) is 0 Å². The maximum absolute atomic E-state index is 12.1. The van der Waals surface area contributed by atoms with Gasteiger partial charge in [0.05, 0.1) is 4.90 Å². The topological polar surface area (TPSA) is 46.2 Å². The molecule has 0 aromatic heterocycles. The zero-order valence-corrected chi connectivity index (χ0v) is 10.4. The van der Waals surface area contributed by atoms with E-state index in [0.717, 1.165) is 18.4 Å². The van der Waals surface area contributed by atoms with E-state index in [-0.39, 0.29) is 6.04 Å². The molecule has 1 aliphatic rings. The second-order valence-corrected chi connectivity index (χ2v) is 6.08. The van der Waals surface area contributed by atoms with E-state index in [1.54, 1.807) is 12.1 Å². The second-order valence-electron chi connectivity index (χ2n) is 4.40. The van der Waals surface area contributed by atoms with Crippen LogP contribution in [-0.4, -0.2) is 14.5 Å². The molecule has 2 atom stereocenters. The highest BCUT2D eigenvalue weighted by molar-refractivity contribution is 7.89. The summed E-state index contributed by atoms with van der Waals surface area (Å²) in [6.45, 7) is 3.91. The molecule has 88 valence electrons. The number of nitrogens with one attached hydrogen (secondary N) is 1. The molecule has 0 radical (unpaired) electrons. The van der Waals surface area contributed by atoms with E-state index < -0.39 is 10.0 Å². The third-order valence-corrected chi connectivity index (χ3v) is 4.79. The van der Waals surface area contributed by atoms with E-state index in [1.165, 1.54) is 0 Å². The monoisotopic (exact) mass is 239 g/mol. The van der Waals surface area contributed by atoms with Crippen LogP contribution in [0, 0.1) is 12.8 Å². The van der Waals surface area contributed by atoms with Gasteiger partial charge in [-0.15, -0.1) is 0 Å². The van der Waals surface area contributed by atoms with Crippen molar-refractivity contribution < 1.29 is 8.42 Å². The van der Waals surface area contributed by atoms with Crippen LogP contribution in [0.5, 0.6) is 0 Å². The van der Waals surface area contributed by atoms with Crippen molar-refractivity contribution in [3.05, 3.63) is 29.8 Å². The van der Waals surface area contributed by atoms with Gasteiger partial charge in [0, 0.05) is 6.04 Å². The zero-order chi connectivity index (χ0) is 11.8. The molecule has 2 unspecified atom stereocenters. The maximum Gasteiger partial charge on any atom is 0.241 e. The molecular formula is C12H17NO2S. The van der Waals surface area contributed by atoms with Gasteiger partial charge >= 0.3 is 0 Å². The van der Waals surface area contributed by atoms with Crippen LogP contribution in [0.1, 0.15) is 25.3 Å². The highest BCUT2D eigenvalue weighted by Gasteiger charge is 2.38. The quantitative estimate of drug-likeness (QED) is 0.874. The van der Waals surface area contributed by atoms with E-state index in [1.807, 2.05) is 19.1 Å². The van der Waals surface area contributed by atoms with Crippen molar-refractivity contribution in [1.29, 1.82) is 0 Å². The number of rotatable bonds is 4. The van der Waals surface area contributed by atoms with Gasteiger partial charge in [0.25, 0.3) is 0 Å². The molecule has 1 saturated carbocycles. The van der Waals surface area contributed by atoms with E-state index in [2.05, 4.69) is 11.6 Å². The molecule has 0 spiro atoms. The SMILES string of the molecule is CCC1CC1NS(=O)(=O)c1ccccc1C. The normalized spacial score (nSPS) is 24.4. The summed E-state index contributed by atoms with van der Waals surface area (Å²) in [6.07, 6.45) is 2.02. The van der Waals surface area contributed by atoms with Gasteiger partial charge in [0.15, 0.2) is 0 Å². The summed E-state index contributed by atoms with van der Waals surface area (Å²) in [5.74, 6) is 0.527. The van der Waals surface area contributed by atoms with Crippen LogP contribution >= 0.6 is 0 Å². The molecule has 0 bridgehead atoms. The van der Waals surface area contributed by atoms with E-state index >= 15 is 0 Å². The Morgan fingerprint density at radius 2 is 2.06 bits per heavy atom. The average molecular weight is 239 g/mol. The van der Waals surface area contributed by atoms with Crippen LogP contribution < -0.4 is 4.72 Å². The van der Waals surface area contributed by atoms with E-state index in [0.29, 0.717) is 10.8 Å². The standard InChI is InChI=1S/C12H17NO2S/c1-3-10-8-11(10)13-16(14,15)12-7-5-4-6-9(12)2/h4-7,10-11,13H,3,8H2,1-2H3.